The molecule has 4 aliphatic rings. The number of anilines is 1. The fourth-order valence-electron chi connectivity index (χ4n) is 7.62. The van der Waals surface area contributed by atoms with Gasteiger partial charge in [0.15, 0.2) is 0 Å². The van der Waals surface area contributed by atoms with E-state index in [1.165, 1.54) is 5.56 Å². The van der Waals surface area contributed by atoms with Gasteiger partial charge in [-0.1, -0.05) is 36.4 Å². The first-order valence-corrected chi connectivity index (χ1v) is 16.5. The summed E-state index contributed by atoms with van der Waals surface area (Å²) in [7, 11) is 0. The van der Waals surface area contributed by atoms with Gasteiger partial charge in [-0.05, 0) is 88.2 Å². The summed E-state index contributed by atoms with van der Waals surface area (Å²) in [5.41, 5.74) is 4.03. The van der Waals surface area contributed by atoms with Crippen molar-refractivity contribution in [3.63, 3.8) is 0 Å². The van der Waals surface area contributed by atoms with Crippen LogP contribution in [0.15, 0.2) is 48.5 Å². The van der Waals surface area contributed by atoms with E-state index in [0.29, 0.717) is 44.2 Å². The minimum Gasteiger partial charge on any atom is -1.00 e. The number of ether oxygens (including phenoxy) is 4. The minimum absolute atomic E-state index is 0. The van der Waals surface area contributed by atoms with Gasteiger partial charge in [0.05, 0.1) is 29.0 Å². The molecule has 9 nitrogen and oxygen atoms in total. The maximum Gasteiger partial charge on any atom is 1.00 e. The largest absolute Gasteiger partial charge is 1.00 e. The molecule has 11 heteroatoms. The van der Waals surface area contributed by atoms with Crippen LogP contribution in [0.1, 0.15) is 82.2 Å². The molecule has 3 aliphatic heterocycles. The normalized spacial score (nSPS) is 24.9. The van der Waals surface area contributed by atoms with Crippen LogP contribution >= 0.6 is 0 Å². The number of aromatic nitrogens is 2. The molecule has 2 saturated heterocycles. The third-order valence-electron chi connectivity index (χ3n) is 9.70. The third-order valence-corrected chi connectivity index (χ3v) is 9.70. The molecule has 1 unspecified atom stereocenters. The quantitative estimate of drug-likeness (QED) is 0.385. The Morgan fingerprint density at radius 1 is 1.13 bits per heavy atom. The molecule has 7 rings (SSSR count). The number of carbonyl (C=O) groups is 1. The molecule has 0 bridgehead atoms. The van der Waals surface area contributed by atoms with E-state index in [4.69, 9.17) is 28.9 Å². The standard InChI is InChI=1S/C36H43FN4O5.Na.H/c1-34(2,3)46-33(42)38-27-13-12-25-11-7-15-36(29(25)17-27)19-30-28(22-45-36)31(43-21-24-9-5-4-6-10-24)40-32(39-30)44-23-35-14-8-16-41(35)20-26(37)18-35;;/h4-6,9-10,12-13,17,26H,7-8,11,14-16,18-23H2,1-3H3,(H,38,42);;/q;+1;-1/t26-,35+,36?;;/m1../s1. The van der Waals surface area contributed by atoms with E-state index in [1.807, 2.05) is 63.2 Å². The zero-order valence-corrected chi connectivity index (χ0v) is 29.9. The van der Waals surface area contributed by atoms with E-state index in [9.17, 15) is 9.18 Å². The number of hydrogen-bond donors (Lipinski definition) is 1. The molecule has 3 aromatic rings. The number of rotatable bonds is 7. The van der Waals surface area contributed by atoms with Gasteiger partial charge in [-0.3, -0.25) is 10.2 Å². The second-order valence-corrected chi connectivity index (χ2v) is 14.2. The molecular formula is C36H44FN4NaO5. The van der Waals surface area contributed by atoms with E-state index in [1.54, 1.807) is 0 Å². The van der Waals surface area contributed by atoms with Crippen LogP contribution in [0.25, 0.3) is 0 Å². The predicted molar refractivity (Wildman–Crippen MR) is 172 cm³/mol. The number of benzene rings is 2. The first kappa shape index (κ1) is 34.1. The van der Waals surface area contributed by atoms with Gasteiger partial charge in [-0.25, -0.2) is 9.18 Å². The molecule has 1 N–H and O–H groups in total. The van der Waals surface area contributed by atoms with Gasteiger partial charge in [0.25, 0.3) is 0 Å². The van der Waals surface area contributed by atoms with Crippen molar-refractivity contribution in [2.75, 3.05) is 25.0 Å². The van der Waals surface area contributed by atoms with Crippen LogP contribution in [0.4, 0.5) is 14.9 Å². The summed E-state index contributed by atoms with van der Waals surface area (Å²) in [5, 5.41) is 2.89. The van der Waals surface area contributed by atoms with Crippen LogP contribution in [0.5, 0.6) is 11.9 Å². The maximum atomic E-state index is 14.5. The maximum absolute atomic E-state index is 14.5. The van der Waals surface area contributed by atoms with Crippen molar-refractivity contribution in [3.05, 3.63) is 76.5 Å². The van der Waals surface area contributed by atoms with Crippen LogP contribution in [0, 0.1) is 0 Å². The zero-order chi connectivity index (χ0) is 31.9. The number of fused-ring (bicyclic) bond motifs is 4. The Bertz CT molecular complexity index is 1610. The number of nitrogens with one attached hydrogen (secondary N) is 1. The molecular weight excluding hydrogens is 610 g/mol. The van der Waals surface area contributed by atoms with Gasteiger partial charge in [0.2, 0.25) is 5.88 Å². The molecule has 0 radical (unpaired) electrons. The second-order valence-electron chi connectivity index (χ2n) is 14.2. The summed E-state index contributed by atoms with van der Waals surface area (Å²) in [4.78, 5) is 24.5. The monoisotopic (exact) mass is 654 g/mol. The average Bonchev–Trinajstić information content (AvgIpc) is 3.54. The number of amides is 1. The summed E-state index contributed by atoms with van der Waals surface area (Å²) < 4.78 is 39.4. The van der Waals surface area contributed by atoms with Gasteiger partial charge in [-0.15, -0.1) is 0 Å². The Morgan fingerprint density at radius 3 is 2.77 bits per heavy atom. The van der Waals surface area contributed by atoms with Crippen LogP contribution in [0.2, 0.25) is 0 Å². The number of aryl methyl sites for hydroxylation is 1. The van der Waals surface area contributed by atoms with E-state index >= 15 is 0 Å². The number of hydrogen-bond acceptors (Lipinski definition) is 8. The van der Waals surface area contributed by atoms with Crippen molar-refractivity contribution in [1.29, 1.82) is 0 Å². The topological polar surface area (TPSA) is 95.0 Å². The molecule has 1 aromatic heterocycles. The summed E-state index contributed by atoms with van der Waals surface area (Å²) in [6.45, 7) is 7.85. The molecule has 3 atom stereocenters. The Labute approximate surface area is 299 Å². The van der Waals surface area contributed by atoms with E-state index in [-0.39, 0.29) is 49.1 Å². The molecule has 2 fully saturated rings. The Morgan fingerprint density at radius 2 is 1.96 bits per heavy atom. The number of nitrogens with zero attached hydrogens (tertiary/aromatic N) is 3. The fraction of sp³-hybridized carbons (Fsp3) is 0.528. The van der Waals surface area contributed by atoms with Crippen molar-refractivity contribution in [1.82, 2.24) is 14.9 Å². The minimum atomic E-state index is -0.837. The first-order valence-electron chi connectivity index (χ1n) is 16.5. The van der Waals surface area contributed by atoms with Crippen molar-refractivity contribution in [2.24, 2.45) is 0 Å². The number of alkyl halides is 1. The molecule has 47 heavy (non-hydrogen) atoms. The summed E-state index contributed by atoms with van der Waals surface area (Å²) >= 11 is 0. The fourth-order valence-corrected chi connectivity index (χ4v) is 7.62. The van der Waals surface area contributed by atoms with Gasteiger partial charge in [0.1, 0.15) is 25.0 Å². The van der Waals surface area contributed by atoms with Crippen molar-refractivity contribution in [3.8, 4) is 11.9 Å². The number of carbonyl (C=O) groups excluding carboxylic acids is 1. The summed E-state index contributed by atoms with van der Waals surface area (Å²) in [6, 6.07) is 16.2. The second kappa shape index (κ2) is 13.6. The molecule has 1 amide bonds. The van der Waals surface area contributed by atoms with Crippen molar-refractivity contribution >= 4 is 11.8 Å². The van der Waals surface area contributed by atoms with Gasteiger partial charge >= 0.3 is 41.7 Å². The molecule has 0 saturated carbocycles. The molecule has 1 spiro atoms. The third kappa shape index (κ3) is 7.32. The molecule has 1 aliphatic carbocycles. The zero-order valence-electron chi connectivity index (χ0n) is 28.9. The smallest absolute Gasteiger partial charge is 1.00 e. The average molecular weight is 655 g/mol. The summed E-state index contributed by atoms with van der Waals surface area (Å²) in [5.74, 6) is 0.450. The van der Waals surface area contributed by atoms with Crippen molar-refractivity contribution < 1.29 is 59.1 Å². The Hall–Kier alpha value is -2.76. The van der Waals surface area contributed by atoms with Crippen LogP contribution < -0.4 is 44.3 Å². The summed E-state index contributed by atoms with van der Waals surface area (Å²) in [6.07, 6.45) is 4.30. The van der Waals surface area contributed by atoms with Crippen molar-refractivity contribution in [2.45, 2.75) is 102 Å². The molecule has 2 aromatic carbocycles. The molecule has 246 valence electrons. The van der Waals surface area contributed by atoms with E-state index < -0.39 is 23.5 Å². The van der Waals surface area contributed by atoms with Crippen LogP contribution in [-0.4, -0.2) is 58.0 Å². The van der Waals surface area contributed by atoms with Gasteiger partial charge in [-0.2, -0.15) is 9.97 Å². The molecule has 4 heterocycles. The number of halogens is 1. The first-order chi connectivity index (χ1) is 22.1. The Balaban J connectivity index is 0.00000225. The van der Waals surface area contributed by atoms with Gasteiger partial charge < -0.3 is 20.4 Å². The van der Waals surface area contributed by atoms with Gasteiger partial charge in [0, 0.05) is 25.1 Å². The SMILES string of the molecule is CC(C)(C)OC(=O)Nc1ccc2c(c1)C1(CCC2)Cc2nc(OC[C@@]34CCCN3C[C@H](F)C4)nc(OCc3ccccc3)c2CO1.[H-].[Na+]. The predicted octanol–water partition coefficient (Wildman–Crippen LogP) is 3.78. The van der Waals surface area contributed by atoms with Crippen LogP contribution in [-0.2, 0) is 41.1 Å². The van der Waals surface area contributed by atoms with E-state index in [2.05, 4.69) is 16.3 Å². The van der Waals surface area contributed by atoms with Crippen LogP contribution in [0.3, 0.4) is 0 Å². The van der Waals surface area contributed by atoms with E-state index in [0.717, 1.165) is 61.0 Å². The Kier molecular flexibility index (Phi) is 9.89.